The third kappa shape index (κ3) is 4.28. The standard InChI is InChI=1S/C18H23N3O3S/c1-18(2,3)24-17(23)15-12-7-4-5-8-13(12)25-16(15)20-14(22)11-21-10-6-9-19-21/h6,9-10H,4-5,7-8,11H2,1-3H3,(H,20,22). The average molecular weight is 361 g/mol. The van der Waals surface area contributed by atoms with Gasteiger partial charge in [-0.1, -0.05) is 0 Å². The molecule has 0 spiro atoms. The smallest absolute Gasteiger partial charge is 0.341 e. The second kappa shape index (κ2) is 7.00. The molecule has 6 nitrogen and oxygen atoms in total. The molecule has 134 valence electrons. The van der Waals surface area contributed by atoms with Gasteiger partial charge in [0.1, 0.15) is 17.1 Å². The van der Waals surface area contributed by atoms with Crippen LogP contribution in [0.25, 0.3) is 0 Å². The minimum absolute atomic E-state index is 0.114. The van der Waals surface area contributed by atoms with E-state index in [9.17, 15) is 9.59 Å². The fourth-order valence-electron chi connectivity index (χ4n) is 2.91. The lowest BCUT2D eigenvalue weighted by Crippen LogP contribution is -2.26. The molecule has 7 heteroatoms. The van der Waals surface area contributed by atoms with Crippen LogP contribution in [-0.4, -0.2) is 27.3 Å². The van der Waals surface area contributed by atoms with E-state index in [1.54, 1.807) is 23.1 Å². The molecule has 1 N–H and O–H groups in total. The van der Waals surface area contributed by atoms with Crippen molar-refractivity contribution in [3.63, 3.8) is 0 Å². The Morgan fingerprint density at radius 2 is 2.08 bits per heavy atom. The van der Waals surface area contributed by atoms with Crippen LogP contribution in [0.15, 0.2) is 18.5 Å². The minimum atomic E-state index is -0.573. The third-order valence-corrected chi connectivity index (χ3v) is 5.10. The van der Waals surface area contributed by atoms with Crippen LogP contribution in [-0.2, 0) is 28.9 Å². The number of hydrogen-bond donors (Lipinski definition) is 1. The number of rotatable bonds is 4. The number of thiophene rings is 1. The van der Waals surface area contributed by atoms with Crippen LogP contribution in [0, 0.1) is 0 Å². The number of carbonyl (C=O) groups is 2. The molecule has 1 amide bonds. The summed E-state index contributed by atoms with van der Waals surface area (Å²) in [5.74, 6) is -0.562. The maximum Gasteiger partial charge on any atom is 0.341 e. The molecule has 1 aliphatic carbocycles. The summed E-state index contributed by atoms with van der Waals surface area (Å²) in [6.45, 7) is 5.66. The Morgan fingerprint density at radius 3 is 2.76 bits per heavy atom. The van der Waals surface area contributed by atoms with Crippen LogP contribution in [0.2, 0.25) is 0 Å². The summed E-state index contributed by atoms with van der Waals surface area (Å²) in [4.78, 5) is 26.2. The van der Waals surface area contributed by atoms with Crippen molar-refractivity contribution in [2.24, 2.45) is 0 Å². The first-order valence-electron chi connectivity index (χ1n) is 8.48. The van der Waals surface area contributed by atoms with Crippen molar-refractivity contribution in [3.8, 4) is 0 Å². The van der Waals surface area contributed by atoms with Gasteiger partial charge in [0.25, 0.3) is 0 Å². The Balaban J connectivity index is 1.86. The molecule has 0 aromatic carbocycles. The van der Waals surface area contributed by atoms with E-state index in [4.69, 9.17) is 4.74 Å². The van der Waals surface area contributed by atoms with Crippen LogP contribution in [0.4, 0.5) is 5.00 Å². The number of hydrogen-bond acceptors (Lipinski definition) is 5. The third-order valence-electron chi connectivity index (χ3n) is 3.89. The number of aryl methyl sites for hydroxylation is 1. The van der Waals surface area contributed by atoms with Gasteiger partial charge in [0.05, 0.1) is 5.56 Å². The number of nitrogens with zero attached hydrogens (tertiary/aromatic N) is 2. The highest BCUT2D eigenvalue weighted by atomic mass is 32.1. The molecular formula is C18H23N3O3S. The van der Waals surface area contributed by atoms with E-state index in [0.717, 1.165) is 31.2 Å². The Labute approximate surface area is 151 Å². The highest BCUT2D eigenvalue weighted by molar-refractivity contribution is 7.17. The summed E-state index contributed by atoms with van der Waals surface area (Å²) in [5.41, 5.74) is 1.00. The van der Waals surface area contributed by atoms with Crippen molar-refractivity contribution in [2.75, 3.05) is 5.32 Å². The van der Waals surface area contributed by atoms with Gasteiger partial charge >= 0.3 is 5.97 Å². The molecule has 25 heavy (non-hydrogen) atoms. The maximum atomic E-state index is 12.7. The summed E-state index contributed by atoms with van der Waals surface area (Å²) >= 11 is 1.49. The van der Waals surface area contributed by atoms with Gasteiger partial charge in [-0.05, 0) is 58.1 Å². The van der Waals surface area contributed by atoms with E-state index in [-0.39, 0.29) is 18.4 Å². The maximum absolute atomic E-state index is 12.7. The predicted molar refractivity (Wildman–Crippen MR) is 97.0 cm³/mol. The van der Waals surface area contributed by atoms with Gasteiger partial charge < -0.3 is 10.1 Å². The van der Waals surface area contributed by atoms with E-state index in [1.807, 2.05) is 20.8 Å². The van der Waals surface area contributed by atoms with E-state index in [0.29, 0.717) is 10.6 Å². The second-order valence-corrected chi connectivity index (χ2v) is 8.27. The molecule has 0 bridgehead atoms. The van der Waals surface area contributed by atoms with Crippen molar-refractivity contribution < 1.29 is 14.3 Å². The van der Waals surface area contributed by atoms with Gasteiger partial charge in [-0.2, -0.15) is 5.10 Å². The fraction of sp³-hybridized carbons (Fsp3) is 0.500. The number of esters is 1. The molecule has 3 rings (SSSR count). The molecule has 0 saturated carbocycles. The second-order valence-electron chi connectivity index (χ2n) is 7.17. The number of amides is 1. The first-order valence-corrected chi connectivity index (χ1v) is 9.30. The Kier molecular flexibility index (Phi) is 4.94. The molecule has 0 atom stereocenters. The predicted octanol–water partition coefficient (Wildman–Crippen LogP) is 3.42. The summed E-state index contributed by atoms with van der Waals surface area (Å²) in [6, 6.07) is 1.77. The van der Waals surface area contributed by atoms with Crippen LogP contribution >= 0.6 is 11.3 Å². The SMILES string of the molecule is CC(C)(C)OC(=O)c1c(NC(=O)Cn2cccn2)sc2c1CCCC2. The van der Waals surface area contributed by atoms with E-state index >= 15 is 0 Å². The van der Waals surface area contributed by atoms with E-state index < -0.39 is 5.60 Å². The topological polar surface area (TPSA) is 73.2 Å². The van der Waals surface area contributed by atoms with E-state index in [1.165, 1.54) is 16.2 Å². The van der Waals surface area contributed by atoms with Crippen molar-refractivity contribution in [2.45, 2.75) is 58.6 Å². The Hall–Kier alpha value is -2.15. The van der Waals surface area contributed by atoms with Crippen molar-refractivity contribution >= 4 is 28.2 Å². The molecule has 0 unspecified atom stereocenters. The fourth-order valence-corrected chi connectivity index (χ4v) is 4.20. The molecule has 2 heterocycles. The van der Waals surface area contributed by atoms with Crippen LogP contribution in [0.5, 0.6) is 0 Å². The lowest BCUT2D eigenvalue weighted by Gasteiger charge is -2.21. The molecule has 1 aliphatic rings. The normalized spacial score (nSPS) is 14.0. The number of anilines is 1. The lowest BCUT2D eigenvalue weighted by molar-refractivity contribution is -0.116. The highest BCUT2D eigenvalue weighted by Crippen LogP contribution is 2.39. The highest BCUT2D eigenvalue weighted by Gasteiger charge is 2.29. The first kappa shape index (κ1) is 17.7. The molecule has 2 aromatic heterocycles. The number of ether oxygens (including phenoxy) is 1. The van der Waals surface area contributed by atoms with Crippen LogP contribution < -0.4 is 5.32 Å². The zero-order valence-electron chi connectivity index (χ0n) is 14.8. The van der Waals surface area contributed by atoms with Gasteiger partial charge in [0.2, 0.25) is 5.91 Å². The van der Waals surface area contributed by atoms with Crippen LogP contribution in [0.3, 0.4) is 0 Å². The van der Waals surface area contributed by atoms with Gasteiger partial charge in [0, 0.05) is 17.3 Å². The Bertz CT molecular complexity index is 772. The minimum Gasteiger partial charge on any atom is -0.456 e. The van der Waals surface area contributed by atoms with Gasteiger partial charge in [-0.15, -0.1) is 11.3 Å². The summed E-state index contributed by atoms with van der Waals surface area (Å²) in [6.07, 6.45) is 7.33. The molecular weight excluding hydrogens is 338 g/mol. The number of carbonyl (C=O) groups excluding carboxylic acids is 2. The van der Waals surface area contributed by atoms with Crippen LogP contribution in [0.1, 0.15) is 54.4 Å². The van der Waals surface area contributed by atoms with Crippen molar-refractivity contribution in [3.05, 3.63) is 34.5 Å². The zero-order chi connectivity index (χ0) is 18.0. The van der Waals surface area contributed by atoms with Gasteiger partial charge in [-0.25, -0.2) is 4.79 Å². The molecule has 0 saturated heterocycles. The molecule has 0 radical (unpaired) electrons. The number of nitrogens with one attached hydrogen (secondary N) is 1. The van der Waals surface area contributed by atoms with Gasteiger partial charge in [0.15, 0.2) is 0 Å². The summed E-state index contributed by atoms with van der Waals surface area (Å²) < 4.78 is 7.13. The largest absolute Gasteiger partial charge is 0.456 e. The first-order chi connectivity index (χ1) is 11.8. The summed E-state index contributed by atoms with van der Waals surface area (Å²) in [5, 5.41) is 7.52. The monoisotopic (exact) mass is 361 g/mol. The van der Waals surface area contributed by atoms with E-state index in [2.05, 4.69) is 10.4 Å². The number of fused-ring (bicyclic) bond motifs is 1. The average Bonchev–Trinajstić information content (AvgIpc) is 3.11. The molecule has 2 aromatic rings. The quantitative estimate of drug-likeness (QED) is 0.847. The Morgan fingerprint density at radius 1 is 1.32 bits per heavy atom. The van der Waals surface area contributed by atoms with Gasteiger partial charge in [-0.3, -0.25) is 9.48 Å². The molecule has 0 aliphatic heterocycles. The number of aromatic nitrogens is 2. The zero-order valence-corrected chi connectivity index (χ0v) is 15.6. The lowest BCUT2D eigenvalue weighted by atomic mass is 9.95. The summed E-state index contributed by atoms with van der Waals surface area (Å²) in [7, 11) is 0. The van der Waals surface area contributed by atoms with Crippen molar-refractivity contribution in [1.82, 2.24) is 9.78 Å². The molecule has 0 fully saturated rings. The van der Waals surface area contributed by atoms with Crippen molar-refractivity contribution in [1.29, 1.82) is 0 Å².